The predicted molar refractivity (Wildman–Crippen MR) is 92.0 cm³/mol. The monoisotopic (exact) mass is 292 g/mol. The van der Waals surface area contributed by atoms with Crippen LogP contribution in [0.1, 0.15) is 37.3 Å². The summed E-state index contributed by atoms with van der Waals surface area (Å²) in [6, 6.07) is 20.9. The molecule has 2 atom stereocenters. The molecular weight excluding hydrogens is 268 g/mol. The molecular formula is C21H24O. The van der Waals surface area contributed by atoms with Gasteiger partial charge in [0.25, 0.3) is 0 Å². The summed E-state index contributed by atoms with van der Waals surface area (Å²) in [6.45, 7) is 6.73. The Kier molecular flexibility index (Phi) is 3.92. The molecule has 0 aliphatic heterocycles. The molecule has 1 heteroatoms. The van der Waals surface area contributed by atoms with Crippen LogP contribution in [0.4, 0.5) is 0 Å². The van der Waals surface area contributed by atoms with Gasteiger partial charge in [0.2, 0.25) is 0 Å². The molecule has 0 aromatic heterocycles. The number of hydrogen-bond donors (Lipinski definition) is 1. The van der Waals surface area contributed by atoms with Gasteiger partial charge in [-0.05, 0) is 17.5 Å². The van der Waals surface area contributed by atoms with E-state index in [2.05, 4.69) is 49.9 Å². The summed E-state index contributed by atoms with van der Waals surface area (Å²) in [5, 5.41) is 10.3. The second-order valence-corrected chi connectivity index (χ2v) is 6.28. The smallest absolute Gasteiger partial charge is 0.0577 e. The first-order valence-corrected chi connectivity index (χ1v) is 8.16. The van der Waals surface area contributed by atoms with Gasteiger partial charge in [0, 0.05) is 5.41 Å². The van der Waals surface area contributed by atoms with Crippen LogP contribution in [-0.4, -0.2) is 11.7 Å². The molecule has 0 bridgehead atoms. The SMILES string of the molecule is C=C1[C@@](CO)(c2ccccc2)[C@]1(CCCC)c1ccccc1. The van der Waals surface area contributed by atoms with E-state index in [1.54, 1.807) is 0 Å². The maximum absolute atomic E-state index is 10.3. The van der Waals surface area contributed by atoms with Gasteiger partial charge in [-0.1, -0.05) is 92.6 Å². The maximum Gasteiger partial charge on any atom is 0.0577 e. The third kappa shape index (κ3) is 1.89. The zero-order chi connectivity index (χ0) is 15.6. The first-order valence-electron chi connectivity index (χ1n) is 8.16. The van der Waals surface area contributed by atoms with Crippen LogP contribution < -0.4 is 0 Å². The van der Waals surface area contributed by atoms with E-state index in [4.69, 9.17) is 0 Å². The number of benzene rings is 2. The molecule has 0 unspecified atom stereocenters. The highest BCUT2D eigenvalue weighted by molar-refractivity contribution is 5.67. The van der Waals surface area contributed by atoms with E-state index in [1.165, 1.54) is 11.1 Å². The summed E-state index contributed by atoms with van der Waals surface area (Å²) in [7, 11) is 0. The predicted octanol–water partition coefficient (Wildman–Crippen LogP) is 4.61. The van der Waals surface area contributed by atoms with Gasteiger partial charge in [0.05, 0.1) is 12.0 Å². The number of rotatable bonds is 6. The average molecular weight is 292 g/mol. The van der Waals surface area contributed by atoms with Crippen molar-refractivity contribution < 1.29 is 5.11 Å². The van der Waals surface area contributed by atoms with Crippen molar-refractivity contribution in [3.63, 3.8) is 0 Å². The van der Waals surface area contributed by atoms with Crippen LogP contribution >= 0.6 is 0 Å². The summed E-state index contributed by atoms with van der Waals surface area (Å²) >= 11 is 0. The number of aliphatic hydroxyl groups is 1. The van der Waals surface area contributed by atoms with Crippen LogP contribution in [0.25, 0.3) is 0 Å². The van der Waals surface area contributed by atoms with Crippen molar-refractivity contribution in [1.82, 2.24) is 0 Å². The quantitative estimate of drug-likeness (QED) is 0.771. The van der Waals surface area contributed by atoms with Gasteiger partial charge >= 0.3 is 0 Å². The second-order valence-electron chi connectivity index (χ2n) is 6.28. The molecule has 22 heavy (non-hydrogen) atoms. The van der Waals surface area contributed by atoms with Gasteiger partial charge in [-0.3, -0.25) is 0 Å². The summed E-state index contributed by atoms with van der Waals surface area (Å²) in [6.07, 6.45) is 3.34. The molecule has 114 valence electrons. The molecule has 0 spiro atoms. The largest absolute Gasteiger partial charge is 0.395 e. The summed E-state index contributed by atoms with van der Waals surface area (Å²) in [5.41, 5.74) is 3.17. The molecule has 1 aliphatic carbocycles. The Labute approximate surface area is 133 Å². The number of hydrogen-bond acceptors (Lipinski definition) is 1. The Morgan fingerprint density at radius 1 is 0.864 bits per heavy atom. The Morgan fingerprint density at radius 2 is 1.36 bits per heavy atom. The van der Waals surface area contributed by atoms with E-state index in [1.807, 2.05) is 24.3 Å². The highest BCUT2D eigenvalue weighted by Gasteiger charge is 2.71. The van der Waals surface area contributed by atoms with Crippen molar-refractivity contribution in [3.8, 4) is 0 Å². The second kappa shape index (κ2) is 5.73. The molecule has 1 nitrogen and oxygen atoms in total. The molecule has 0 radical (unpaired) electrons. The van der Waals surface area contributed by atoms with Crippen LogP contribution in [0.15, 0.2) is 72.8 Å². The molecule has 1 aliphatic rings. The van der Waals surface area contributed by atoms with Crippen LogP contribution in [0, 0.1) is 0 Å². The van der Waals surface area contributed by atoms with E-state index in [0.717, 1.165) is 24.8 Å². The molecule has 1 fully saturated rings. The summed E-state index contributed by atoms with van der Waals surface area (Å²) < 4.78 is 0. The van der Waals surface area contributed by atoms with Crippen molar-refractivity contribution in [2.45, 2.75) is 37.0 Å². The molecule has 1 N–H and O–H groups in total. The zero-order valence-electron chi connectivity index (χ0n) is 13.3. The fourth-order valence-corrected chi connectivity index (χ4v) is 4.15. The number of unbranched alkanes of at least 4 members (excludes halogenated alkanes) is 1. The van der Waals surface area contributed by atoms with Gasteiger partial charge in [-0.15, -0.1) is 0 Å². The van der Waals surface area contributed by atoms with Crippen LogP contribution in [-0.2, 0) is 10.8 Å². The van der Waals surface area contributed by atoms with E-state index in [-0.39, 0.29) is 17.4 Å². The highest BCUT2D eigenvalue weighted by atomic mass is 16.3. The molecule has 2 aromatic carbocycles. The van der Waals surface area contributed by atoms with Crippen molar-refractivity contribution in [2.75, 3.05) is 6.61 Å². The topological polar surface area (TPSA) is 20.2 Å². The Hall–Kier alpha value is -1.86. The third-order valence-electron chi connectivity index (χ3n) is 5.37. The first-order chi connectivity index (χ1) is 10.7. The van der Waals surface area contributed by atoms with Gasteiger partial charge in [-0.2, -0.15) is 0 Å². The average Bonchev–Trinajstić information content (AvgIpc) is 3.14. The van der Waals surface area contributed by atoms with Crippen LogP contribution in [0.3, 0.4) is 0 Å². The van der Waals surface area contributed by atoms with Crippen molar-refractivity contribution in [2.24, 2.45) is 0 Å². The minimum atomic E-state index is -0.329. The lowest BCUT2D eigenvalue weighted by atomic mass is 9.79. The Balaban J connectivity index is 2.13. The standard InChI is InChI=1S/C21H24O/c1-3-4-15-20(18-11-7-5-8-12-18)17(2)21(20,16-22)19-13-9-6-10-14-19/h5-14,22H,2-4,15-16H2,1H3/t20-,21-/m0/s1. The fourth-order valence-electron chi connectivity index (χ4n) is 4.15. The molecule has 1 saturated carbocycles. The third-order valence-corrected chi connectivity index (χ3v) is 5.37. The molecule has 0 heterocycles. The highest BCUT2D eigenvalue weighted by Crippen LogP contribution is 2.71. The van der Waals surface area contributed by atoms with E-state index in [9.17, 15) is 5.11 Å². The molecule has 0 saturated heterocycles. The first kappa shape index (κ1) is 15.1. The molecule has 2 aromatic rings. The summed E-state index contributed by atoms with van der Waals surface area (Å²) in [4.78, 5) is 0. The van der Waals surface area contributed by atoms with Crippen molar-refractivity contribution in [1.29, 1.82) is 0 Å². The lowest BCUT2D eigenvalue weighted by Gasteiger charge is -2.24. The van der Waals surface area contributed by atoms with Gasteiger partial charge < -0.3 is 5.11 Å². The van der Waals surface area contributed by atoms with E-state index < -0.39 is 0 Å². The van der Waals surface area contributed by atoms with Crippen LogP contribution in [0.2, 0.25) is 0 Å². The van der Waals surface area contributed by atoms with E-state index in [0.29, 0.717) is 0 Å². The van der Waals surface area contributed by atoms with Gasteiger partial charge in [-0.25, -0.2) is 0 Å². The van der Waals surface area contributed by atoms with Crippen molar-refractivity contribution >= 4 is 0 Å². The minimum absolute atomic E-state index is 0.119. The molecule has 0 amide bonds. The lowest BCUT2D eigenvalue weighted by molar-refractivity contribution is 0.237. The van der Waals surface area contributed by atoms with Crippen molar-refractivity contribution in [3.05, 3.63) is 83.9 Å². The van der Waals surface area contributed by atoms with E-state index >= 15 is 0 Å². The van der Waals surface area contributed by atoms with Crippen LogP contribution in [0.5, 0.6) is 0 Å². The Bertz CT molecular complexity index is 646. The normalized spacial score (nSPS) is 26.9. The Morgan fingerprint density at radius 3 is 1.82 bits per heavy atom. The maximum atomic E-state index is 10.3. The van der Waals surface area contributed by atoms with Gasteiger partial charge in [0.15, 0.2) is 0 Å². The van der Waals surface area contributed by atoms with Gasteiger partial charge in [0.1, 0.15) is 0 Å². The minimum Gasteiger partial charge on any atom is -0.395 e. The molecule has 3 rings (SSSR count). The zero-order valence-corrected chi connectivity index (χ0v) is 13.3. The fraction of sp³-hybridized carbons (Fsp3) is 0.333. The lowest BCUT2D eigenvalue weighted by Crippen LogP contribution is -2.26. The number of aliphatic hydroxyl groups excluding tert-OH is 1. The summed E-state index contributed by atoms with van der Waals surface area (Å²) in [5.74, 6) is 0.